The van der Waals surface area contributed by atoms with Crippen LogP contribution in [-0.2, 0) is 17.7 Å². The van der Waals surface area contributed by atoms with E-state index in [-0.39, 0.29) is 0 Å². The lowest BCUT2D eigenvalue weighted by molar-refractivity contribution is -0.125. The number of hydrogen-bond acceptors (Lipinski definition) is 2. The number of fused-ring (bicyclic) bond motifs is 3. The standard InChI is InChI=1S/C21H29N3O/c1-22-20(24-12-8-15-6-2-3-7-16(15)14-24)23-18-17-9-13-25-19(17)21(18)10-4-5-11-21/h2-3,6-7,17-19H,4-5,8-14H2,1H3,(H,22,23). The van der Waals surface area contributed by atoms with Gasteiger partial charge in [0, 0.05) is 44.1 Å². The summed E-state index contributed by atoms with van der Waals surface area (Å²) >= 11 is 0. The van der Waals surface area contributed by atoms with Crippen LogP contribution >= 0.6 is 0 Å². The SMILES string of the molecule is CN=C(NC1C2CCOC2C12CCCC2)N1CCc2ccccc2C1. The van der Waals surface area contributed by atoms with Gasteiger partial charge in [-0.1, -0.05) is 37.1 Å². The zero-order valence-electron chi connectivity index (χ0n) is 15.2. The van der Waals surface area contributed by atoms with Crippen molar-refractivity contribution in [3.63, 3.8) is 0 Å². The van der Waals surface area contributed by atoms with Gasteiger partial charge in [0.1, 0.15) is 0 Å². The number of rotatable bonds is 1. The minimum Gasteiger partial charge on any atom is -0.377 e. The molecule has 4 heteroatoms. The van der Waals surface area contributed by atoms with E-state index in [1.807, 2.05) is 7.05 Å². The molecule has 1 aromatic carbocycles. The Hall–Kier alpha value is -1.55. The van der Waals surface area contributed by atoms with Gasteiger partial charge in [-0.3, -0.25) is 4.99 Å². The molecule has 4 aliphatic rings. The van der Waals surface area contributed by atoms with Crippen LogP contribution in [-0.4, -0.2) is 43.2 Å². The average molecular weight is 339 g/mol. The number of benzene rings is 1. The minimum atomic E-state index is 0.380. The smallest absolute Gasteiger partial charge is 0.194 e. The number of nitrogens with one attached hydrogen (secondary N) is 1. The molecule has 3 atom stereocenters. The Balaban J connectivity index is 1.34. The Labute approximate surface area is 150 Å². The summed E-state index contributed by atoms with van der Waals surface area (Å²) in [7, 11) is 1.94. The van der Waals surface area contributed by atoms with Crippen LogP contribution in [0.2, 0.25) is 0 Å². The van der Waals surface area contributed by atoms with Gasteiger partial charge in [0.05, 0.1) is 6.10 Å². The topological polar surface area (TPSA) is 36.9 Å². The molecule has 1 saturated heterocycles. The predicted molar refractivity (Wildman–Crippen MR) is 99.6 cm³/mol. The van der Waals surface area contributed by atoms with Crippen molar-refractivity contribution in [1.29, 1.82) is 0 Å². The van der Waals surface area contributed by atoms with Crippen LogP contribution in [0.3, 0.4) is 0 Å². The lowest BCUT2D eigenvalue weighted by atomic mass is 9.54. The summed E-state index contributed by atoms with van der Waals surface area (Å²) in [6.07, 6.45) is 8.21. The molecule has 3 unspecified atom stereocenters. The number of hydrogen-bond donors (Lipinski definition) is 1. The van der Waals surface area contributed by atoms with E-state index in [0.29, 0.717) is 23.5 Å². The highest BCUT2D eigenvalue weighted by molar-refractivity contribution is 5.81. The third kappa shape index (κ3) is 2.33. The molecular formula is C21H29N3O. The Morgan fingerprint density at radius 3 is 2.84 bits per heavy atom. The van der Waals surface area contributed by atoms with Crippen molar-refractivity contribution in [3.05, 3.63) is 35.4 Å². The molecule has 2 aliphatic heterocycles. The summed E-state index contributed by atoms with van der Waals surface area (Å²) in [5.41, 5.74) is 3.32. The van der Waals surface area contributed by atoms with E-state index in [1.54, 1.807) is 0 Å². The van der Waals surface area contributed by atoms with Gasteiger partial charge in [0.25, 0.3) is 0 Å². The number of guanidine groups is 1. The summed E-state index contributed by atoms with van der Waals surface area (Å²) in [5.74, 6) is 1.78. The Morgan fingerprint density at radius 2 is 2.04 bits per heavy atom. The van der Waals surface area contributed by atoms with E-state index in [0.717, 1.165) is 32.1 Å². The first-order valence-electron chi connectivity index (χ1n) is 9.98. The molecule has 2 saturated carbocycles. The third-order valence-corrected chi connectivity index (χ3v) is 7.21. The minimum absolute atomic E-state index is 0.380. The van der Waals surface area contributed by atoms with Crippen LogP contribution in [0, 0.1) is 11.3 Å². The summed E-state index contributed by atoms with van der Waals surface area (Å²) < 4.78 is 6.13. The third-order valence-electron chi connectivity index (χ3n) is 7.21. The van der Waals surface area contributed by atoms with Crippen LogP contribution in [0.15, 0.2) is 29.3 Å². The van der Waals surface area contributed by atoms with Crippen LogP contribution in [0.1, 0.15) is 43.2 Å². The molecule has 1 N–H and O–H groups in total. The van der Waals surface area contributed by atoms with Crippen molar-refractivity contribution in [2.24, 2.45) is 16.3 Å². The second-order valence-corrected chi connectivity index (χ2v) is 8.29. The quantitative estimate of drug-likeness (QED) is 0.631. The molecule has 1 spiro atoms. The van der Waals surface area contributed by atoms with Crippen LogP contribution in [0.25, 0.3) is 0 Å². The number of nitrogens with zero attached hydrogens (tertiary/aromatic N) is 2. The molecule has 0 radical (unpaired) electrons. The maximum atomic E-state index is 6.13. The van der Waals surface area contributed by atoms with Gasteiger partial charge in [0.2, 0.25) is 0 Å². The molecule has 3 fully saturated rings. The normalized spacial score (nSPS) is 33.1. The maximum Gasteiger partial charge on any atom is 0.194 e. The molecule has 4 nitrogen and oxygen atoms in total. The van der Waals surface area contributed by atoms with Crippen molar-refractivity contribution in [2.45, 2.75) is 57.2 Å². The fourth-order valence-electron chi connectivity index (χ4n) is 6.02. The predicted octanol–water partition coefficient (Wildman–Crippen LogP) is 2.97. The van der Waals surface area contributed by atoms with Gasteiger partial charge in [0.15, 0.2) is 5.96 Å². The molecule has 1 aromatic rings. The summed E-state index contributed by atoms with van der Waals surface area (Å²) in [4.78, 5) is 7.10. The Morgan fingerprint density at radius 1 is 1.24 bits per heavy atom. The van der Waals surface area contributed by atoms with Crippen molar-refractivity contribution in [3.8, 4) is 0 Å². The van der Waals surface area contributed by atoms with E-state index in [1.165, 1.54) is 43.2 Å². The van der Waals surface area contributed by atoms with Crippen LogP contribution < -0.4 is 5.32 Å². The summed E-state index contributed by atoms with van der Waals surface area (Å²) in [6, 6.07) is 9.39. The molecule has 134 valence electrons. The lowest BCUT2D eigenvalue weighted by Crippen LogP contribution is -2.69. The van der Waals surface area contributed by atoms with E-state index in [9.17, 15) is 0 Å². The van der Waals surface area contributed by atoms with E-state index in [2.05, 4.69) is 39.5 Å². The fraction of sp³-hybridized carbons (Fsp3) is 0.667. The summed E-state index contributed by atoms with van der Waals surface area (Å²) in [5, 5.41) is 3.90. The van der Waals surface area contributed by atoms with Crippen molar-refractivity contribution >= 4 is 5.96 Å². The van der Waals surface area contributed by atoms with E-state index < -0.39 is 0 Å². The first-order valence-corrected chi connectivity index (χ1v) is 9.98. The molecule has 0 amide bonds. The first kappa shape index (κ1) is 15.7. The van der Waals surface area contributed by atoms with Gasteiger partial charge in [-0.15, -0.1) is 0 Å². The van der Waals surface area contributed by atoms with E-state index in [4.69, 9.17) is 4.74 Å². The second-order valence-electron chi connectivity index (χ2n) is 8.29. The zero-order valence-corrected chi connectivity index (χ0v) is 15.2. The van der Waals surface area contributed by atoms with Gasteiger partial charge in [-0.2, -0.15) is 0 Å². The van der Waals surface area contributed by atoms with Gasteiger partial charge < -0.3 is 15.0 Å². The van der Waals surface area contributed by atoms with Gasteiger partial charge >= 0.3 is 0 Å². The van der Waals surface area contributed by atoms with Crippen LogP contribution in [0.5, 0.6) is 0 Å². The highest BCUT2D eigenvalue weighted by atomic mass is 16.5. The lowest BCUT2D eigenvalue weighted by Gasteiger charge is -2.57. The number of aliphatic imine (C=N–C) groups is 1. The molecule has 25 heavy (non-hydrogen) atoms. The highest BCUT2D eigenvalue weighted by Gasteiger charge is 2.65. The van der Waals surface area contributed by atoms with Crippen LogP contribution in [0.4, 0.5) is 0 Å². The highest BCUT2D eigenvalue weighted by Crippen LogP contribution is 2.60. The first-order chi connectivity index (χ1) is 12.3. The molecule has 0 aromatic heterocycles. The monoisotopic (exact) mass is 339 g/mol. The van der Waals surface area contributed by atoms with Gasteiger partial charge in [-0.05, 0) is 36.8 Å². The Kier molecular flexibility index (Phi) is 3.77. The molecular weight excluding hydrogens is 310 g/mol. The molecule has 0 bridgehead atoms. The molecule has 2 heterocycles. The van der Waals surface area contributed by atoms with Crippen molar-refractivity contribution in [2.75, 3.05) is 20.2 Å². The zero-order chi connectivity index (χ0) is 16.9. The Bertz CT molecular complexity index is 679. The van der Waals surface area contributed by atoms with Crippen molar-refractivity contribution < 1.29 is 4.74 Å². The fourth-order valence-corrected chi connectivity index (χ4v) is 6.02. The summed E-state index contributed by atoms with van der Waals surface area (Å²) in [6.45, 7) is 2.98. The van der Waals surface area contributed by atoms with Gasteiger partial charge in [-0.25, -0.2) is 0 Å². The van der Waals surface area contributed by atoms with E-state index >= 15 is 0 Å². The number of ether oxygens (including phenoxy) is 1. The molecule has 5 rings (SSSR count). The average Bonchev–Trinajstić information content (AvgIpc) is 3.31. The van der Waals surface area contributed by atoms with Crippen molar-refractivity contribution in [1.82, 2.24) is 10.2 Å². The molecule has 2 aliphatic carbocycles. The maximum absolute atomic E-state index is 6.13. The second kappa shape index (κ2) is 6.01. The largest absolute Gasteiger partial charge is 0.377 e.